The molecule has 0 aliphatic carbocycles. The number of nitrogens with two attached hydrogens (primary N) is 1. The molecule has 2 N–H and O–H groups in total. The standard InChI is InChI=1S/C14H20N4O2/c1-4-14(5-2,19-6-3)13-17-12(20-18-13)11-8-7-10(15)9-16-11/h7-9H,4-6,15H2,1-3H3. The van der Waals surface area contributed by atoms with Crippen LogP contribution < -0.4 is 5.73 Å². The Bertz CT molecular complexity index is 547. The van der Waals surface area contributed by atoms with Gasteiger partial charge in [-0.25, -0.2) is 4.98 Å². The molecule has 0 atom stereocenters. The molecule has 0 saturated heterocycles. The van der Waals surface area contributed by atoms with Gasteiger partial charge in [-0.15, -0.1) is 0 Å². The van der Waals surface area contributed by atoms with Crippen molar-refractivity contribution in [3.63, 3.8) is 0 Å². The van der Waals surface area contributed by atoms with Gasteiger partial charge < -0.3 is 15.0 Å². The second-order valence-electron chi connectivity index (χ2n) is 4.53. The molecule has 0 fully saturated rings. The van der Waals surface area contributed by atoms with Crippen LogP contribution in [-0.2, 0) is 10.3 Å². The molecule has 2 aromatic heterocycles. The van der Waals surface area contributed by atoms with E-state index in [9.17, 15) is 0 Å². The summed E-state index contributed by atoms with van der Waals surface area (Å²) in [4.78, 5) is 8.62. The average Bonchev–Trinajstić information content (AvgIpc) is 2.96. The first kappa shape index (κ1) is 14.5. The molecule has 0 bridgehead atoms. The zero-order valence-corrected chi connectivity index (χ0v) is 12.1. The van der Waals surface area contributed by atoms with Gasteiger partial charge in [0.1, 0.15) is 11.3 Å². The molecular formula is C14H20N4O2. The van der Waals surface area contributed by atoms with E-state index in [4.69, 9.17) is 15.0 Å². The van der Waals surface area contributed by atoms with Crippen molar-refractivity contribution in [3.05, 3.63) is 24.2 Å². The van der Waals surface area contributed by atoms with Crippen LogP contribution in [0.15, 0.2) is 22.9 Å². The maximum absolute atomic E-state index is 5.86. The summed E-state index contributed by atoms with van der Waals surface area (Å²) in [5, 5.41) is 4.07. The summed E-state index contributed by atoms with van der Waals surface area (Å²) < 4.78 is 11.2. The summed E-state index contributed by atoms with van der Waals surface area (Å²) in [5.74, 6) is 0.948. The number of hydrogen-bond donors (Lipinski definition) is 1. The number of anilines is 1. The molecule has 0 aliphatic rings. The molecule has 0 amide bonds. The van der Waals surface area contributed by atoms with E-state index in [1.165, 1.54) is 0 Å². The minimum absolute atomic E-state index is 0.381. The number of nitrogens with zero attached hydrogens (tertiary/aromatic N) is 3. The van der Waals surface area contributed by atoms with E-state index in [0.717, 1.165) is 12.8 Å². The predicted molar refractivity (Wildman–Crippen MR) is 75.8 cm³/mol. The molecule has 108 valence electrons. The third-order valence-corrected chi connectivity index (χ3v) is 3.40. The van der Waals surface area contributed by atoms with Crippen molar-refractivity contribution >= 4 is 5.69 Å². The van der Waals surface area contributed by atoms with Crippen LogP contribution in [0.5, 0.6) is 0 Å². The monoisotopic (exact) mass is 276 g/mol. The van der Waals surface area contributed by atoms with E-state index in [0.29, 0.717) is 29.7 Å². The average molecular weight is 276 g/mol. The second kappa shape index (κ2) is 6.00. The Morgan fingerprint density at radius 3 is 2.55 bits per heavy atom. The number of nitrogen functional groups attached to an aromatic ring is 1. The molecule has 6 heteroatoms. The van der Waals surface area contributed by atoms with Gasteiger partial charge in [0.25, 0.3) is 5.89 Å². The molecule has 2 heterocycles. The van der Waals surface area contributed by atoms with E-state index in [2.05, 4.69) is 29.0 Å². The van der Waals surface area contributed by atoms with E-state index >= 15 is 0 Å². The molecule has 6 nitrogen and oxygen atoms in total. The third-order valence-electron chi connectivity index (χ3n) is 3.40. The van der Waals surface area contributed by atoms with Gasteiger partial charge in [-0.3, -0.25) is 0 Å². The van der Waals surface area contributed by atoms with E-state index in [1.807, 2.05) is 6.92 Å². The van der Waals surface area contributed by atoms with Crippen molar-refractivity contribution < 1.29 is 9.26 Å². The van der Waals surface area contributed by atoms with Crippen LogP contribution in [0.1, 0.15) is 39.4 Å². The molecule has 0 radical (unpaired) electrons. The zero-order valence-electron chi connectivity index (χ0n) is 12.1. The Balaban J connectivity index is 2.33. The zero-order chi connectivity index (χ0) is 14.6. The highest BCUT2D eigenvalue weighted by atomic mass is 16.5. The summed E-state index contributed by atoms with van der Waals surface area (Å²) in [6.45, 7) is 6.67. The van der Waals surface area contributed by atoms with Gasteiger partial charge in [-0.05, 0) is 31.9 Å². The van der Waals surface area contributed by atoms with Crippen molar-refractivity contribution in [2.24, 2.45) is 0 Å². The maximum atomic E-state index is 5.86. The fourth-order valence-electron chi connectivity index (χ4n) is 2.16. The lowest BCUT2D eigenvalue weighted by Gasteiger charge is -2.27. The Morgan fingerprint density at radius 1 is 1.25 bits per heavy atom. The summed E-state index contributed by atoms with van der Waals surface area (Å²) in [6, 6.07) is 3.51. The lowest BCUT2D eigenvalue weighted by molar-refractivity contribution is -0.0583. The van der Waals surface area contributed by atoms with Crippen molar-refractivity contribution in [2.45, 2.75) is 39.2 Å². The Kier molecular flexibility index (Phi) is 4.34. The van der Waals surface area contributed by atoms with E-state index < -0.39 is 5.60 Å². The number of hydrogen-bond acceptors (Lipinski definition) is 6. The maximum Gasteiger partial charge on any atom is 0.276 e. The van der Waals surface area contributed by atoms with Crippen molar-refractivity contribution in [1.82, 2.24) is 15.1 Å². The Labute approximate surface area is 118 Å². The molecule has 0 aromatic carbocycles. The third kappa shape index (κ3) is 2.65. The topological polar surface area (TPSA) is 87.1 Å². The lowest BCUT2D eigenvalue weighted by Crippen LogP contribution is -2.29. The minimum atomic E-state index is -0.496. The first-order valence-corrected chi connectivity index (χ1v) is 6.85. The molecule has 2 rings (SSSR count). The number of aromatic nitrogens is 3. The van der Waals surface area contributed by atoms with Crippen LogP contribution in [0, 0.1) is 0 Å². The van der Waals surface area contributed by atoms with Gasteiger partial charge in [-0.1, -0.05) is 19.0 Å². The molecule has 0 saturated carbocycles. The summed E-state index contributed by atoms with van der Waals surface area (Å²) in [6.07, 6.45) is 3.13. The first-order valence-electron chi connectivity index (χ1n) is 6.85. The summed E-state index contributed by atoms with van der Waals surface area (Å²) in [7, 11) is 0. The molecule has 0 aliphatic heterocycles. The molecule has 20 heavy (non-hydrogen) atoms. The fraction of sp³-hybridized carbons (Fsp3) is 0.500. The van der Waals surface area contributed by atoms with Crippen LogP contribution in [0.2, 0.25) is 0 Å². The number of pyridine rings is 1. The molecular weight excluding hydrogens is 256 g/mol. The summed E-state index contributed by atoms with van der Waals surface area (Å²) >= 11 is 0. The van der Waals surface area contributed by atoms with Crippen LogP contribution >= 0.6 is 0 Å². The highest BCUT2D eigenvalue weighted by molar-refractivity contribution is 5.50. The second-order valence-corrected chi connectivity index (χ2v) is 4.53. The van der Waals surface area contributed by atoms with Gasteiger partial charge in [0.05, 0.1) is 11.9 Å². The highest BCUT2D eigenvalue weighted by Gasteiger charge is 2.34. The van der Waals surface area contributed by atoms with Crippen LogP contribution in [0.3, 0.4) is 0 Å². The Morgan fingerprint density at radius 2 is 2.00 bits per heavy atom. The number of rotatable bonds is 6. The van der Waals surface area contributed by atoms with Crippen LogP contribution in [0.4, 0.5) is 5.69 Å². The molecule has 0 spiro atoms. The van der Waals surface area contributed by atoms with Crippen molar-refractivity contribution in [1.29, 1.82) is 0 Å². The smallest absolute Gasteiger partial charge is 0.276 e. The fourth-order valence-corrected chi connectivity index (χ4v) is 2.16. The van der Waals surface area contributed by atoms with Gasteiger partial charge in [0, 0.05) is 6.61 Å². The quantitative estimate of drug-likeness (QED) is 0.872. The van der Waals surface area contributed by atoms with Gasteiger partial charge >= 0.3 is 0 Å². The summed E-state index contributed by atoms with van der Waals surface area (Å²) in [5.41, 5.74) is 6.32. The van der Waals surface area contributed by atoms with Crippen molar-refractivity contribution in [2.75, 3.05) is 12.3 Å². The Hall–Kier alpha value is -1.95. The largest absolute Gasteiger partial charge is 0.397 e. The van der Waals surface area contributed by atoms with E-state index in [1.54, 1.807) is 18.3 Å². The van der Waals surface area contributed by atoms with Gasteiger partial charge in [0.15, 0.2) is 0 Å². The lowest BCUT2D eigenvalue weighted by atomic mass is 9.96. The molecule has 2 aromatic rings. The number of ether oxygens (including phenoxy) is 1. The molecule has 0 unspecified atom stereocenters. The van der Waals surface area contributed by atoms with Gasteiger partial charge in [-0.2, -0.15) is 4.98 Å². The normalized spacial score (nSPS) is 11.8. The van der Waals surface area contributed by atoms with Crippen LogP contribution in [0.25, 0.3) is 11.6 Å². The SMILES string of the molecule is CCOC(CC)(CC)c1noc(-c2ccc(N)cn2)n1. The highest BCUT2D eigenvalue weighted by Crippen LogP contribution is 2.32. The first-order chi connectivity index (χ1) is 9.65. The van der Waals surface area contributed by atoms with Crippen LogP contribution in [-0.4, -0.2) is 21.7 Å². The van der Waals surface area contributed by atoms with Crippen molar-refractivity contribution in [3.8, 4) is 11.6 Å². The van der Waals surface area contributed by atoms with Gasteiger partial charge in [0.2, 0.25) is 5.82 Å². The predicted octanol–water partition coefficient (Wildman–Crippen LogP) is 2.77. The van der Waals surface area contributed by atoms with E-state index in [-0.39, 0.29) is 0 Å². The minimum Gasteiger partial charge on any atom is -0.397 e.